The summed E-state index contributed by atoms with van der Waals surface area (Å²) < 4.78 is 59.1. The number of nitrogens with zero attached hydrogens (tertiary/aromatic N) is 2. The molecule has 1 aliphatic carbocycles. The van der Waals surface area contributed by atoms with E-state index in [0.29, 0.717) is 31.3 Å². The van der Waals surface area contributed by atoms with E-state index in [4.69, 9.17) is 4.74 Å². The van der Waals surface area contributed by atoms with E-state index in [2.05, 4.69) is 24.3 Å². The fourth-order valence-electron chi connectivity index (χ4n) is 5.67. The van der Waals surface area contributed by atoms with Crippen molar-refractivity contribution in [1.82, 2.24) is 14.5 Å². The molecule has 1 saturated heterocycles. The van der Waals surface area contributed by atoms with E-state index in [1.165, 1.54) is 28.6 Å². The van der Waals surface area contributed by atoms with Crippen LogP contribution in [0.25, 0.3) is 0 Å². The molecule has 2 aromatic rings. The van der Waals surface area contributed by atoms with E-state index < -0.39 is 15.8 Å². The van der Waals surface area contributed by atoms with Gasteiger partial charge in [0.15, 0.2) is 0 Å². The van der Waals surface area contributed by atoms with Crippen molar-refractivity contribution >= 4 is 15.9 Å². The van der Waals surface area contributed by atoms with Gasteiger partial charge in [0.1, 0.15) is 18.2 Å². The Morgan fingerprint density at radius 3 is 2.21 bits per heavy atom. The third-order valence-electron chi connectivity index (χ3n) is 7.70. The first-order valence-corrected chi connectivity index (χ1v) is 14.6. The first-order valence-electron chi connectivity index (χ1n) is 13.2. The summed E-state index contributed by atoms with van der Waals surface area (Å²) in [5, 5.41) is 2.97. The first-order chi connectivity index (χ1) is 18.1. The van der Waals surface area contributed by atoms with Crippen molar-refractivity contribution in [2.24, 2.45) is 11.8 Å². The molecule has 0 spiro atoms. The van der Waals surface area contributed by atoms with Crippen LogP contribution >= 0.6 is 0 Å². The van der Waals surface area contributed by atoms with Gasteiger partial charge in [0.05, 0.1) is 11.0 Å². The van der Waals surface area contributed by atoms with Crippen LogP contribution < -0.4 is 5.32 Å². The molecular formula is C28H37F2N3O4S. The molecule has 1 saturated carbocycles. The van der Waals surface area contributed by atoms with E-state index in [-0.39, 0.29) is 41.9 Å². The summed E-state index contributed by atoms with van der Waals surface area (Å²) in [7, 11) is 0.394. The second-order valence-electron chi connectivity index (χ2n) is 10.6. The average Bonchev–Trinajstić information content (AvgIpc) is 3.38. The highest BCUT2D eigenvalue weighted by atomic mass is 32.2. The largest absolute Gasteiger partial charge is 0.367 e. The number of amides is 1. The molecule has 2 aliphatic rings. The Morgan fingerprint density at radius 1 is 1.00 bits per heavy atom. The molecule has 1 amide bonds. The van der Waals surface area contributed by atoms with Crippen LogP contribution in [-0.4, -0.2) is 70.0 Å². The van der Waals surface area contributed by atoms with Crippen LogP contribution in [0.5, 0.6) is 0 Å². The molecule has 2 atom stereocenters. The van der Waals surface area contributed by atoms with Crippen LogP contribution in [0.2, 0.25) is 0 Å². The van der Waals surface area contributed by atoms with Gasteiger partial charge in [-0.05, 0) is 100.0 Å². The molecule has 0 aromatic heterocycles. The van der Waals surface area contributed by atoms with Crippen molar-refractivity contribution in [3.63, 3.8) is 0 Å². The summed E-state index contributed by atoms with van der Waals surface area (Å²) in [5.74, 6) is -0.0517. The molecule has 1 aliphatic heterocycles. The summed E-state index contributed by atoms with van der Waals surface area (Å²) in [5.41, 5.74) is 1.13. The minimum absolute atomic E-state index is 0.0431. The lowest BCUT2D eigenvalue weighted by Gasteiger charge is -2.37. The van der Waals surface area contributed by atoms with Gasteiger partial charge in [-0.2, -0.15) is 4.31 Å². The highest BCUT2D eigenvalue weighted by Gasteiger charge is 2.34. The topological polar surface area (TPSA) is 79.0 Å². The molecule has 1 heterocycles. The van der Waals surface area contributed by atoms with Gasteiger partial charge in [-0.1, -0.05) is 12.1 Å². The van der Waals surface area contributed by atoms with E-state index in [1.54, 1.807) is 0 Å². The van der Waals surface area contributed by atoms with Crippen molar-refractivity contribution in [1.29, 1.82) is 0 Å². The van der Waals surface area contributed by atoms with Gasteiger partial charge >= 0.3 is 0 Å². The van der Waals surface area contributed by atoms with Crippen molar-refractivity contribution in [2.45, 2.75) is 49.1 Å². The molecule has 1 N–H and O–H groups in total. The lowest BCUT2D eigenvalue weighted by atomic mass is 9.76. The molecule has 38 heavy (non-hydrogen) atoms. The third kappa shape index (κ3) is 7.16. The minimum atomic E-state index is -3.72. The third-order valence-corrected chi connectivity index (χ3v) is 9.58. The van der Waals surface area contributed by atoms with E-state index in [9.17, 15) is 22.0 Å². The molecule has 2 aromatic carbocycles. The van der Waals surface area contributed by atoms with Crippen molar-refractivity contribution in [3.05, 3.63) is 65.7 Å². The number of hydrogen-bond donors (Lipinski definition) is 1. The number of hydrogen-bond acceptors (Lipinski definition) is 5. The summed E-state index contributed by atoms with van der Waals surface area (Å²) in [6.07, 6.45) is 4.24. The Kier molecular flexibility index (Phi) is 9.51. The van der Waals surface area contributed by atoms with Gasteiger partial charge in [-0.3, -0.25) is 4.79 Å². The molecule has 0 radical (unpaired) electrons. The number of rotatable bonds is 10. The average molecular weight is 550 g/mol. The number of sulfonamides is 1. The highest BCUT2D eigenvalue weighted by Crippen LogP contribution is 2.39. The molecule has 10 heteroatoms. The molecule has 2 fully saturated rings. The number of ether oxygens (including phenoxy) is 1. The fraction of sp³-hybridized carbons (Fsp3) is 0.536. The minimum Gasteiger partial charge on any atom is -0.367 e. The molecule has 2 unspecified atom stereocenters. The summed E-state index contributed by atoms with van der Waals surface area (Å²) in [6, 6.07) is 11.8. The monoisotopic (exact) mass is 549 g/mol. The number of carbonyl (C=O) groups is 1. The van der Waals surface area contributed by atoms with Gasteiger partial charge < -0.3 is 15.0 Å². The predicted octanol–water partition coefficient (Wildman–Crippen LogP) is 3.97. The summed E-state index contributed by atoms with van der Waals surface area (Å²) in [6.45, 7) is 0.935. The number of halogens is 2. The lowest BCUT2D eigenvalue weighted by molar-refractivity contribution is -0.127. The van der Waals surface area contributed by atoms with E-state index in [1.807, 2.05) is 12.1 Å². The molecular weight excluding hydrogens is 512 g/mol. The van der Waals surface area contributed by atoms with Crippen LogP contribution in [0.15, 0.2) is 53.4 Å². The van der Waals surface area contributed by atoms with E-state index >= 15 is 0 Å². The Morgan fingerprint density at radius 2 is 1.61 bits per heavy atom. The Bertz CT molecular complexity index is 1170. The second-order valence-corrected chi connectivity index (χ2v) is 12.5. The smallest absolute Gasteiger partial charge is 0.246 e. The van der Waals surface area contributed by atoms with Gasteiger partial charge in [0.2, 0.25) is 15.9 Å². The Hall–Kier alpha value is -2.40. The van der Waals surface area contributed by atoms with Crippen molar-refractivity contribution in [2.75, 3.05) is 40.3 Å². The van der Waals surface area contributed by atoms with E-state index in [0.717, 1.165) is 43.4 Å². The number of benzene rings is 2. The van der Waals surface area contributed by atoms with Crippen LogP contribution in [0.1, 0.15) is 43.7 Å². The van der Waals surface area contributed by atoms with Crippen LogP contribution in [0.3, 0.4) is 0 Å². The van der Waals surface area contributed by atoms with Gasteiger partial charge in [-0.15, -0.1) is 0 Å². The summed E-state index contributed by atoms with van der Waals surface area (Å²) >= 11 is 0. The summed E-state index contributed by atoms with van der Waals surface area (Å²) in [4.78, 5) is 14.7. The Labute approximate surface area is 224 Å². The molecule has 4 rings (SSSR count). The quantitative estimate of drug-likeness (QED) is 0.485. The zero-order valence-corrected chi connectivity index (χ0v) is 22.8. The SMILES string of the molecule is CN(C)C(c1ccc(F)cc1)C1CCC(CNC(=O)COC2CCN(S(=O)(=O)c3ccc(F)cc3)C2)CC1. The Balaban J connectivity index is 1.17. The van der Waals surface area contributed by atoms with Crippen LogP contribution in [0.4, 0.5) is 8.78 Å². The zero-order valence-electron chi connectivity index (χ0n) is 22.0. The zero-order chi connectivity index (χ0) is 27.3. The lowest BCUT2D eigenvalue weighted by Crippen LogP contribution is -2.37. The van der Waals surface area contributed by atoms with Crippen LogP contribution in [-0.2, 0) is 19.6 Å². The van der Waals surface area contributed by atoms with Crippen molar-refractivity contribution < 1.29 is 26.7 Å². The van der Waals surface area contributed by atoms with Crippen molar-refractivity contribution in [3.8, 4) is 0 Å². The number of carbonyl (C=O) groups excluding carboxylic acids is 1. The van der Waals surface area contributed by atoms with Gasteiger partial charge in [0.25, 0.3) is 0 Å². The van der Waals surface area contributed by atoms with Gasteiger partial charge in [0, 0.05) is 25.7 Å². The molecule has 7 nitrogen and oxygen atoms in total. The molecule has 0 bridgehead atoms. The van der Waals surface area contributed by atoms with Gasteiger partial charge in [-0.25, -0.2) is 17.2 Å². The normalized spacial score (nSPS) is 23.4. The van der Waals surface area contributed by atoms with Crippen LogP contribution in [0, 0.1) is 23.5 Å². The standard InChI is InChI=1S/C28H37F2N3O4S/c1-32(2)28(22-7-9-23(29)10-8-22)21-5-3-20(4-6-21)17-31-27(34)19-37-25-15-16-33(18-25)38(35,36)26-13-11-24(30)12-14-26/h7-14,20-21,25,28H,3-6,15-19H2,1-2H3,(H,31,34). The fourth-order valence-corrected chi connectivity index (χ4v) is 7.16. The number of nitrogens with one attached hydrogen (secondary N) is 1. The second kappa shape index (κ2) is 12.6. The molecule has 208 valence electrons. The predicted molar refractivity (Wildman–Crippen MR) is 141 cm³/mol. The maximum Gasteiger partial charge on any atom is 0.246 e. The highest BCUT2D eigenvalue weighted by molar-refractivity contribution is 7.89. The maximum absolute atomic E-state index is 13.4. The first kappa shape index (κ1) is 28.6. The maximum atomic E-state index is 13.4.